The lowest BCUT2D eigenvalue weighted by atomic mass is 9.97. The molecule has 1 aromatic heterocycles. The third kappa shape index (κ3) is 3.36. The van der Waals surface area contributed by atoms with E-state index in [-0.39, 0.29) is 17.8 Å². The van der Waals surface area contributed by atoms with Crippen LogP contribution in [-0.4, -0.2) is 40.2 Å². The summed E-state index contributed by atoms with van der Waals surface area (Å²) in [4.78, 5) is 19.3. The van der Waals surface area contributed by atoms with Crippen LogP contribution < -0.4 is 4.74 Å². The van der Waals surface area contributed by atoms with Gasteiger partial charge in [-0.1, -0.05) is 30.3 Å². The molecule has 3 aromatic carbocycles. The van der Waals surface area contributed by atoms with Gasteiger partial charge in [0.05, 0.1) is 19.4 Å². The first kappa shape index (κ1) is 20.6. The minimum Gasteiger partial charge on any atom is -0.497 e. The molecule has 6 rings (SSSR count). The van der Waals surface area contributed by atoms with Crippen LogP contribution in [0.4, 0.5) is 4.39 Å². The number of rotatable bonds is 4. The molecule has 0 unspecified atom stereocenters. The second-order valence-corrected chi connectivity index (χ2v) is 8.65. The summed E-state index contributed by atoms with van der Waals surface area (Å²) in [7, 11) is 1.62. The minimum absolute atomic E-state index is 0.0602. The first-order chi connectivity index (χ1) is 16.6. The van der Waals surface area contributed by atoms with Crippen LogP contribution in [-0.2, 0) is 17.8 Å². The molecule has 0 radical (unpaired) electrons. The predicted molar refractivity (Wildman–Crippen MR) is 128 cm³/mol. The van der Waals surface area contributed by atoms with Gasteiger partial charge in [0.25, 0.3) is 5.91 Å². The number of aromatic nitrogens is 1. The molecule has 6 nitrogen and oxygen atoms in total. The summed E-state index contributed by atoms with van der Waals surface area (Å²) in [5.74, 6) is 0.383. The summed E-state index contributed by atoms with van der Waals surface area (Å²) >= 11 is 0. The van der Waals surface area contributed by atoms with Crippen molar-refractivity contribution in [2.24, 2.45) is 5.10 Å². The summed E-state index contributed by atoms with van der Waals surface area (Å²) in [5.41, 5.74) is 5.05. The molecule has 2 aliphatic rings. The fraction of sp³-hybridized carbons (Fsp3) is 0.185. The van der Waals surface area contributed by atoms with Gasteiger partial charge in [0.1, 0.15) is 17.7 Å². The van der Waals surface area contributed by atoms with Crippen molar-refractivity contribution in [3.8, 4) is 5.75 Å². The molecule has 0 spiro atoms. The Morgan fingerprint density at radius 3 is 2.59 bits per heavy atom. The number of halogens is 1. The van der Waals surface area contributed by atoms with E-state index in [2.05, 4.69) is 27.1 Å². The Morgan fingerprint density at radius 1 is 1.06 bits per heavy atom. The molecule has 4 aromatic rings. The average molecular weight is 455 g/mol. The number of nitrogens with zero attached hydrogens (tertiary/aromatic N) is 3. The molecule has 1 amide bonds. The van der Waals surface area contributed by atoms with Crippen LogP contribution in [0, 0.1) is 5.82 Å². The minimum atomic E-state index is -0.424. The Labute approximate surface area is 196 Å². The van der Waals surface area contributed by atoms with Crippen molar-refractivity contribution < 1.29 is 13.9 Å². The van der Waals surface area contributed by atoms with Crippen molar-refractivity contribution in [2.45, 2.75) is 25.2 Å². The fourth-order valence-electron chi connectivity index (χ4n) is 5.03. The van der Waals surface area contributed by atoms with E-state index in [0.717, 1.165) is 33.5 Å². The number of H-pyrrole nitrogens is 1. The molecule has 0 bridgehead atoms. The van der Waals surface area contributed by atoms with Gasteiger partial charge in [-0.2, -0.15) is 5.10 Å². The Kier molecular flexibility index (Phi) is 4.92. The zero-order chi connectivity index (χ0) is 23.2. The van der Waals surface area contributed by atoms with Gasteiger partial charge in [0.15, 0.2) is 0 Å². The summed E-state index contributed by atoms with van der Waals surface area (Å²) in [6.45, 7) is 0.580. The number of para-hydroxylation sites is 1. The molecule has 3 heterocycles. The molecule has 0 saturated carbocycles. The van der Waals surface area contributed by atoms with Crippen molar-refractivity contribution in [2.75, 3.05) is 7.11 Å². The van der Waals surface area contributed by atoms with Crippen molar-refractivity contribution in [3.05, 3.63) is 101 Å². The normalized spacial score (nSPS) is 20.2. The highest BCUT2D eigenvalue weighted by molar-refractivity contribution is 5.90. The van der Waals surface area contributed by atoms with E-state index >= 15 is 0 Å². The second kappa shape index (κ2) is 8.11. The van der Waals surface area contributed by atoms with Crippen molar-refractivity contribution in [1.29, 1.82) is 0 Å². The highest BCUT2D eigenvalue weighted by Crippen LogP contribution is 2.42. The average Bonchev–Trinajstić information content (AvgIpc) is 3.36. The molecule has 1 saturated heterocycles. The van der Waals surface area contributed by atoms with Crippen LogP contribution in [0.1, 0.15) is 28.6 Å². The maximum Gasteiger partial charge on any atom is 0.262 e. The number of carbonyl (C=O) groups excluding carboxylic acids is 1. The largest absolute Gasteiger partial charge is 0.497 e. The van der Waals surface area contributed by atoms with Crippen LogP contribution in [0.5, 0.6) is 5.75 Å². The molecule has 34 heavy (non-hydrogen) atoms. The topological polar surface area (TPSA) is 60.9 Å². The number of aromatic amines is 1. The number of nitrogens with one attached hydrogen (secondary N) is 1. The number of hydrogen-bond donors (Lipinski definition) is 1. The van der Waals surface area contributed by atoms with E-state index < -0.39 is 6.17 Å². The molecule has 1 N–H and O–H groups in total. The van der Waals surface area contributed by atoms with Gasteiger partial charge in [0, 0.05) is 23.1 Å². The summed E-state index contributed by atoms with van der Waals surface area (Å²) in [6.07, 6.45) is 1.86. The highest BCUT2D eigenvalue weighted by atomic mass is 19.1. The Morgan fingerprint density at radius 2 is 1.82 bits per heavy atom. The van der Waals surface area contributed by atoms with Crippen molar-refractivity contribution >= 4 is 23.0 Å². The van der Waals surface area contributed by atoms with Gasteiger partial charge in [-0.25, -0.2) is 9.40 Å². The number of fused-ring (bicyclic) bond motifs is 4. The van der Waals surface area contributed by atoms with Crippen LogP contribution in [0.15, 0.2) is 77.9 Å². The van der Waals surface area contributed by atoms with Gasteiger partial charge in [0.2, 0.25) is 0 Å². The SMILES string of the molecule is COc1ccc(/C=N\N2C(=O)[C@H]3Cc4c([nH]c5ccccc45)CN3[C@@H]2c2ccc(F)cc2)cc1. The van der Waals surface area contributed by atoms with E-state index in [1.54, 1.807) is 25.5 Å². The van der Waals surface area contributed by atoms with Gasteiger partial charge >= 0.3 is 0 Å². The Hall–Kier alpha value is -3.97. The lowest BCUT2D eigenvalue weighted by Crippen LogP contribution is -2.39. The number of benzene rings is 3. The first-order valence-electron chi connectivity index (χ1n) is 11.2. The van der Waals surface area contributed by atoms with Crippen LogP contribution in [0.2, 0.25) is 0 Å². The van der Waals surface area contributed by atoms with E-state index in [4.69, 9.17) is 4.74 Å². The maximum absolute atomic E-state index is 13.7. The molecular formula is C27H23FN4O2. The zero-order valence-corrected chi connectivity index (χ0v) is 18.6. The van der Waals surface area contributed by atoms with Gasteiger partial charge < -0.3 is 9.72 Å². The molecule has 170 valence electrons. The zero-order valence-electron chi connectivity index (χ0n) is 18.6. The standard InChI is InChI=1S/C27H23FN4O2/c1-34-20-12-6-17(7-13-20)15-29-32-26(18-8-10-19(28)11-9-18)31-16-24-22(14-25(31)27(32)33)21-4-2-3-5-23(21)30-24/h2-13,15,25-26,30H,14,16H2,1H3/b29-15-/t25-,26+/m1/s1. The van der Waals surface area contributed by atoms with Crippen molar-refractivity contribution in [1.82, 2.24) is 14.9 Å². The van der Waals surface area contributed by atoms with Crippen LogP contribution in [0.3, 0.4) is 0 Å². The smallest absolute Gasteiger partial charge is 0.262 e. The van der Waals surface area contributed by atoms with Crippen LogP contribution >= 0.6 is 0 Å². The Bertz CT molecular complexity index is 1390. The van der Waals surface area contributed by atoms with E-state index in [1.165, 1.54) is 22.7 Å². The number of methoxy groups -OCH3 is 1. The number of carbonyl (C=O) groups is 1. The molecule has 7 heteroatoms. The lowest BCUT2D eigenvalue weighted by molar-refractivity contribution is -0.130. The maximum atomic E-state index is 13.7. The highest BCUT2D eigenvalue weighted by Gasteiger charge is 2.49. The lowest BCUT2D eigenvalue weighted by Gasteiger charge is -2.32. The monoisotopic (exact) mass is 454 g/mol. The number of amides is 1. The van der Waals surface area contributed by atoms with E-state index in [0.29, 0.717) is 13.0 Å². The molecule has 2 atom stereocenters. The molecular weight excluding hydrogens is 431 g/mol. The quantitative estimate of drug-likeness (QED) is 0.458. The fourth-order valence-corrected chi connectivity index (χ4v) is 5.03. The number of hydrogen-bond acceptors (Lipinski definition) is 4. The molecule has 0 aliphatic carbocycles. The third-order valence-corrected chi connectivity index (χ3v) is 6.71. The summed E-state index contributed by atoms with van der Waals surface area (Å²) in [5, 5.41) is 7.31. The van der Waals surface area contributed by atoms with E-state index in [9.17, 15) is 9.18 Å². The number of hydrazone groups is 1. The first-order valence-corrected chi connectivity index (χ1v) is 11.2. The second-order valence-electron chi connectivity index (χ2n) is 8.65. The summed E-state index contributed by atoms with van der Waals surface area (Å²) in [6, 6.07) is 21.6. The number of ether oxygens (including phenoxy) is 1. The van der Waals surface area contributed by atoms with Crippen molar-refractivity contribution in [3.63, 3.8) is 0 Å². The van der Waals surface area contributed by atoms with Gasteiger partial charge in [-0.05, 0) is 65.6 Å². The van der Waals surface area contributed by atoms with Gasteiger partial charge in [-0.15, -0.1) is 0 Å². The van der Waals surface area contributed by atoms with E-state index in [1.807, 2.05) is 36.4 Å². The predicted octanol–water partition coefficient (Wildman–Crippen LogP) is 4.62. The Balaban J connectivity index is 1.39. The van der Waals surface area contributed by atoms with Crippen LogP contribution in [0.25, 0.3) is 10.9 Å². The molecule has 1 fully saturated rings. The summed E-state index contributed by atoms with van der Waals surface area (Å²) < 4.78 is 18.9. The molecule has 2 aliphatic heterocycles. The third-order valence-electron chi connectivity index (χ3n) is 6.71. The van der Waals surface area contributed by atoms with Gasteiger partial charge in [-0.3, -0.25) is 9.69 Å².